The summed E-state index contributed by atoms with van der Waals surface area (Å²) in [4.78, 5) is 11.9. The molecule has 134 valence electrons. The average Bonchev–Trinajstić information content (AvgIpc) is 2.71. The van der Waals surface area contributed by atoms with E-state index in [1.807, 2.05) is 18.2 Å². The van der Waals surface area contributed by atoms with Crippen LogP contribution in [-0.4, -0.2) is 19.2 Å². The number of esters is 1. The lowest BCUT2D eigenvalue weighted by Crippen LogP contribution is -3.00. The molecule has 0 fully saturated rings. The standard InChI is InChI=1S/C22H22O2P.BrH/c1-24-22(23)17-18-25(19-11-5-2-6-12-19,20-13-7-3-8-14-20)21-15-9-4-10-16-21;/h2-16H,17-18H2,1H3;1H/q+1;/p-1/i17+1,18+1;. The summed E-state index contributed by atoms with van der Waals surface area (Å²) in [6, 6.07) is 31.7. The van der Waals surface area contributed by atoms with Crippen molar-refractivity contribution in [2.24, 2.45) is 0 Å². The van der Waals surface area contributed by atoms with Crippen LogP contribution < -0.4 is 32.9 Å². The normalized spacial score (nSPS) is 10.7. The van der Waals surface area contributed by atoms with Crippen molar-refractivity contribution in [2.75, 3.05) is 13.3 Å². The lowest BCUT2D eigenvalue weighted by Gasteiger charge is -2.27. The maximum Gasteiger partial charge on any atom is 0.309 e. The Morgan fingerprint density at radius 1 is 0.731 bits per heavy atom. The number of carbonyl (C=O) groups excluding carboxylic acids is 1. The van der Waals surface area contributed by atoms with Gasteiger partial charge in [-0.1, -0.05) is 54.6 Å². The Kier molecular flexibility index (Phi) is 7.56. The number of methoxy groups -OCH3 is 1. The van der Waals surface area contributed by atoms with E-state index in [0.717, 1.165) is 6.16 Å². The highest BCUT2D eigenvalue weighted by Gasteiger charge is 2.45. The molecule has 0 bridgehead atoms. The minimum atomic E-state index is -1.92. The van der Waals surface area contributed by atoms with Crippen LogP contribution in [0, 0.1) is 0 Å². The van der Waals surface area contributed by atoms with Crippen LogP contribution in [0.2, 0.25) is 0 Å². The van der Waals surface area contributed by atoms with Crippen LogP contribution in [0.4, 0.5) is 0 Å². The van der Waals surface area contributed by atoms with Gasteiger partial charge in [0.25, 0.3) is 0 Å². The number of halogens is 1. The zero-order valence-electron chi connectivity index (χ0n) is 14.7. The van der Waals surface area contributed by atoms with Crippen LogP contribution in [0.5, 0.6) is 0 Å². The SMILES string of the molecule is COC(=O)[13CH2][13CH2][P+](c1ccccc1)(c1ccccc1)c1ccccc1.[Br-]. The van der Waals surface area contributed by atoms with Crippen molar-refractivity contribution in [1.82, 2.24) is 0 Å². The number of benzene rings is 3. The molecule has 0 spiro atoms. The summed E-state index contributed by atoms with van der Waals surface area (Å²) in [6.45, 7) is 0. The third-order valence-electron chi connectivity index (χ3n) is 4.47. The maximum atomic E-state index is 11.9. The molecular weight excluding hydrogens is 409 g/mol. The van der Waals surface area contributed by atoms with E-state index in [4.69, 9.17) is 4.74 Å². The van der Waals surface area contributed by atoms with Gasteiger partial charge in [0.15, 0.2) is 0 Å². The van der Waals surface area contributed by atoms with Gasteiger partial charge in [-0.05, 0) is 36.4 Å². The summed E-state index contributed by atoms with van der Waals surface area (Å²) in [6.07, 6.45) is 1.17. The van der Waals surface area contributed by atoms with E-state index >= 15 is 0 Å². The molecule has 0 aliphatic heterocycles. The highest BCUT2D eigenvalue weighted by Crippen LogP contribution is 2.55. The van der Waals surface area contributed by atoms with Crippen molar-refractivity contribution in [2.45, 2.75) is 6.42 Å². The van der Waals surface area contributed by atoms with Gasteiger partial charge in [-0.3, -0.25) is 4.79 Å². The summed E-state index contributed by atoms with van der Waals surface area (Å²) >= 11 is 0. The first-order chi connectivity index (χ1) is 12.3. The molecular formula is C22H22BrO2P. The fourth-order valence-electron chi connectivity index (χ4n) is 3.24. The monoisotopic (exact) mass is 430 g/mol. The van der Waals surface area contributed by atoms with Crippen LogP contribution in [-0.2, 0) is 9.53 Å². The molecule has 4 heteroatoms. The highest BCUT2D eigenvalue weighted by atomic mass is 79.9. The Morgan fingerprint density at radius 2 is 1.08 bits per heavy atom. The van der Waals surface area contributed by atoms with Crippen LogP contribution in [0.15, 0.2) is 91.0 Å². The zero-order chi connectivity index (χ0) is 17.5. The Bertz CT molecular complexity index is 711. The van der Waals surface area contributed by atoms with Gasteiger partial charge in [0.2, 0.25) is 0 Å². The molecule has 0 aliphatic carbocycles. The summed E-state index contributed by atoms with van der Waals surface area (Å²) in [5, 5.41) is 3.86. The van der Waals surface area contributed by atoms with Crippen LogP contribution in [0.25, 0.3) is 0 Å². The number of hydrogen-bond acceptors (Lipinski definition) is 2. The molecule has 3 aromatic carbocycles. The van der Waals surface area contributed by atoms with Gasteiger partial charge in [-0.25, -0.2) is 0 Å². The molecule has 26 heavy (non-hydrogen) atoms. The predicted octanol–water partition coefficient (Wildman–Crippen LogP) is 0.548. The summed E-state index contributed by atoms with van der Waals surface area (Å²) in [7, 11) is -0.467. The Hall–Kier alpha value is -1.96. The molecule has 0 saturated carbocycles. The van der Waals surface area contributed by atoms with Crippen LogP contribution in [0.3, 0.4) is 0 Å². The molecule has 0 unspecified atom stereocenters. The molecule has 3 rings (SSSR count). The van der Waals surface area contributed by atoms with Gasteiger partial charge in [-0.2, -0.15) is 0 Å². The van der Waals surface area contributed by atoms with E-state index in [2.05, 4.69) is 72.8 Å². The summed E-state index contributed by atoms with van der Waals surface area (Å²) < 4.78 is 4.93. The van der Waals surface area contributed by atoms with Gasteiger partial charge in [-0.15, -0.1) is 0 Å². The fourth-order valence-corrected chi connectivity index (χ4v) is 7.47. The quantitative estimate of drug-likeness (QED) is 0.324. The third-order valence-corrected chi connectivity index (χ3v) is 8.90. The van der Waals surface area contributed by atoms with Crippen molar-refractivity contribution in [3.8, 4) is 0 Å². The Morgan fingerprint density at radius 3 is 1.38 bits per heavy atom. The van der Waals surface area contributed by atoms with Crippen molar-refractivity contribution >= 4 is 29.1 Å². The van der Waals surface area contributed by atoms with Crippen molar-refractivity contribution in [1.29, 1.82) is 0 Å². The van der Waals surface area contributed by atoms with E-state index in [1.54, 1.807) is 0 Å². The lowest BCUT2D eigenvalue weighted by atomic mass is 10.4. The fraction of sp³-hybridized carbons (Fsp3) is 0.136. The topological polar surface area (TPSA) is 26.3 Å². The van der Waals surface area contributed by atoms with Crippen molar-refractivity contribution < 1.29 is 26.5 Å². The second-order valence-corrected chi connectivity index (χ2v) is 9.48. The first-order valence-corrected chi connectivity index (χ1v) is 10.4. The number of carbonyl (C=O) groups is 1. The molecule has 0 aliphatic rings. The van der Waals surface area contributed by atoms with Gasteiger partial charge >= 0.3 is 5.97 Å². The van der Waals surface area contributed by atoms with Gasteiger partial charge in [0, 0.05) is 0 Å². The van der Waals surface area contributed by atoms with E-state index in [1.165, 1.54) is 23.0 Å². The largest absolute Gasteiger partial charge is 1.00 e. The zero-order valence-corrected chi connectivity index (χ0v) is 17.2. The summed E-state index contributed by atoms with van der Waals surface area (Å²) in [5.74, 6) is -0.160. The molecule has 0 N–H and O–H groups in total. The van der Waals surface area contributed by atoms with E-state index in [0.29, 0.717) is 6.42 Å². The van der Waals surface area contributed by atoms with Gasteiger partial charge in [0.1, 0.15) is 23.2 Å². The molecule has 0 saturated heterocycles. The molecule has 3 aromatic rings. The second-order valence-electron chi connectivity index (χ2n) is 5.87. The number of hydrogen-bond donors (Lipinski definition) is 0. The maximum absolute atomic E-state index is 11.9. The highest BCUT2D eigenvalue weighted by molar-refractivity contribution is 7.95. The van der Waals surface area contributed by atoms with Gasteiger partial charge in [0.05, 0.1) is 19.7 Å². The molecule has 0 heterocycles. The molecule has 0 atom stereocenters. The molecule has 2 nitrogen and oxygen atoms in total. The predicted molar refractivity (Wildman–Crippen MR) is 107 cm³/mol. The number of ether oxygens (including phenoxy) is 1. The first kappa shape index (κ1) is 20.4. The molecule has 0 amide bonds. The third kappa shape index (κ3) is 4.23. The minimum Gasteiger partial charge on any atom is -1.00 e. The van der Waals surface area contributed by atoms with Gasteiger partial charge < -0.3 is 21.7 Å². The Balaban J connectivity index is 0.00000243. The summed E-state index contributed by atoms with van der Waals surface area (Å²) in [5.41, 5.74) is 0. The van der Waals surface area contributed by atoms with Crippen LogP contribution >= 0.6 is 7.26 Å². The smallest absolute Gasteiger partial charge is 0.309 e. The van der Waals surface area contributed by atoms with E-state index in [-0.39, 0.29) is 23.0 Å². The lowest BCUT2D eigenvalue weighted by molar-refractivity contribution is -0.140. The van der Waals surface area contributed by atoms with Crippen molar-refractivity contribution in [3.05, 3.63) is 91.0 Å². The van der Waals surface area contributed by atoms with Crippen molar-refractivity contribution in [3.63, 3.8) is 0 Å². The molecule has 0 radical (unpaired) electrons. The van der Waals surface area contributed by atoms with E-state index < -0.39 is 7.26 Å². The Labute approximate surface area is 166 Å². The molecule has 0 aromatic heterocycles. The average molecular weight is 431 g/mol. The van der Waals surface area contributed by atoms with E-state index in [9.17, 15) is 4.79 Å². The number of rotatable bonds is 6. The van der Waals surface area contributed by atoms with Crippen LogP contribution in [0.1, 0.15) is 6.42 Å². The second kappa shape index (κ2) is 9.66. The minimum absolute atomic E-state index is 0. The first-order valence-electron chi connectivity index (χ1n) is 8.39.